The Bertz CT molecular complexity index is 563. The van der Waals surface area contributed by atoms with Crippen molar-refractivity contribution in [1.82, 2.24) is 4.98 Å². The molecular formula is C15H13FN2. The molecule has 1 fully saturated rings. The second-order valence-corrected chi connectivity index (χ2v) is 4.41. The van der Waals surface area contributed by atoms with Gasteiger partial charge in [0.2, 0.25) is 0 Å². The summed E-state index contributed by atoms with van der Waals surface area (Å²) in [5.41, 5.74) is 3.25. The van der Waals surface area contributed by atoms with Gasteiger partial charge in [-0.25, -0.2) is 4.39 Å². The van der Waals surface area contributed by atoms with E-state index in [1.807, 2.05) is 12.1 Å². The lowest BCUT2D eigenvalue weighted by molar-refractivity contribution is 0.547. The molecule has 2 aromatic rings. The van der Waals surface area contributed by atoms with Crippen LogP contribution >= 0.6 is 0 Å². The van der Waals surface area contributed by atoms with Crippen LogP contribution in [0.1, 0.15) is 18.0 Å². The van der Waals surface area contributed by atoms with Gasteiger partial charge >= 0.3 is 0 Å². The van der Waals surface area contributed by atoms with Crippen LogP contribution in [0.5, 0.6) is 0 Å². The number of aromatic nitrogens is 1. The molecule has 2 heterocycles. The van der Waals surface area contributed by atoms with Gasteiger partial charge in [0.1, 0.15) is 5.82 Å². The van der Waals surface area contributed by atoms with Crippen molar-refractivity contribution in [2.45, 2.75) is 12.5 Å². The topological polar surface area (TPSA) is 16.1 Å². The molecule has 0 N–H and O–H groups in total. The number of nitrogens with zero attached hydrogens (tertiary/aromatic N) is 2. The maximum absolute atomic E-state index is 12.9. The van der Waals surface area contributed by atoms with E-state index in [9.17, 15) is 4.39 Å². The molecule has 0 radical (unpaired) electrons. The summed E-state index contributed by atoms with van der Waals surface area (Å²) in [6.45, 7) is 4.03. The van der Waals surface area contributed by atoms with Crippen molar-refractivity contribution in [3.8, 4) is 0 Å². The Morgan fingerprint density at radius 2 is 1.78 bits per heavy atom. The van der Waals surface area contributed by atoms with E-state index >= 15 is 0 Å². The van der Waals surface area contributed by atoms with Crippen molar-refractivity contribution < 1.29 is 4.39 Å². The molecule has 2 nitrogen and oxygen atoms in total. The zero-order valence-corrected chi connectivity index (χ0v) is 9.88. The van der Waals surface area contributed by atoms with E-state index in [1.54, 1.807) is 24.5 Å². The summed E-state index contributed by atoms with van der Waals surface area (Å²) < 4.78 is 12.9. The third kappa shape index (κ3) is 1.78. The Labute approximate surface area is 105 Å². The van der Waals surface area contributed by atoms with Gasteiger partial charge in [0, 0.05) is 30.2 Å². The summed E-state index contributed by atoms with van der Waals surface area (Å²) in [6, 6.07) is 10.8. The van der Waals surface area contributed by atoms with Crippen LogP contribution in [-0.2, 0) is 0 Å². The average molecular weight is 240 g/mol. The zero-order chi connectivity index (χ0) is 12.5. The Morgan fingerprint density at radius 3 is 2.39 bits per heavy atom. The lowest BCUT2D eigenvalue weighted by Gasteiger charge is -2.45. The van der Waals surface area contributed by atoms with Crippen LogP contribution in [0, 0.1) is 5.82 Å². The number of anilines is 1. The minimum absolute atomic E-state index is 0.217. The fraction of sp³-hybridized carbons (Fsp3) is 0.133. The first-order valence-electron chi connectivity index (χ1n) is 5.88. The fourth-order valence-electron chi connectivity index (χ4n) is 2.34. The van der Waals surface area contributed by atoms with Gasteiger partial charge in [0.25, 0.3) is 0 Å². The molecular weight excluding hydrogens is 227 g/mol. The van der Waals surface area contributed by atoms with Gasteiger partial charge in [-0.2, -0.15) is 0 Å². The summed E-state index contributed by atoms with van der Waals surface area (Å²) >= 11 is 0. The van der Waals surface area contributed by atoms with Crippen molar-refractivity contribution in [3.63, 3.8) is 0 Å². The molecule has 1 aliphatic heterocycles. The summed E-state index contributed by atoms with van der Waals surface area (Å²) in [7, 11) is 0. The number of pyridine rings is 1. The van der Waals surface area contributed by atoms with Gasteiger partial charge < -0.3 is 4.90 Å². The van der Waals surface area contributed by atoms with E-state index < -0.39 is 0 Å². The SMILES string of the molecule is C=C1CC(c2ccncc2)N1c1ccc(F)cc1. The molecule has 3 rings (SSSR count). The van der Waals surface area contributed by atoms with Crippen molar-refractivity contribution in [2.75, 3.05) is 4.90 Å². The van der Waals surface area contributed by atoms with Gasteiger partial charge in [-0.3, -0.25) is 4.98 Å². The van der Waals surface area contributed by atoms with E-state index in [-0.39, 0.29) is 11.9 Å². The summed E-state index contributed by atoms with van der Waals surface area (Å²) in [6.07, 6.45) is 4.51. The second kappa shape index (κ2) is 4.26. The molecule has 1 saturated heterocycles. The van der Waals surface area contributed by atoms with Crippen LogP contribution < -0.4 is 4.90 Å². The van der Waals surface area contributed by atoms with Crippen LogP contribution in [0.2, 0.25) is 0 Å². The fourth-order valence-corrected chi connectivity index (χ4v) is 2.34. The van der Waals surface area contributed by atoms with Gasteiger partial charge in [0.15, 0.2) is 0 Å². The lowest BCUT2D eigenvalue weighted by atomic mass is 9.92. The average Bonchev–Trinajstić information content (AvgIpc) is 2.39. The molecule has 0 amide bonds. The van der Waals surface area contributed by atoms with Gasteiger partial charge in [-0.15, -0.1) is 0 Å². The molecule has 1 atom stereocenters. The van der Waals surface area contributed by atoms with E-state index in [2.05, 4.69) is 16.5 Å². The van der Waals surface area contributed by atoms with Gasteiger partial charge in [-0.1, -0.05) is 6.58 Å². The standard InChI is InChI=1S/C15H13FN2/c1-11-10-15(12-6-8-17-9-7-12)18(11)14-4-2-13(16)3-5-14/h2-9,15H,1,10H2. The zero-order valence-electron chi connectivity index (χ0n) is 9.88. The number of rotatable bonds is 2. The molecule has 18 heavy (non-hydrogen) atoms. The Morgan fingerprint density at radius 1 is 1.11 bits per heavy atom. The van der Waals surface area contributed by atoms with E-state index in [0.717, 1.165) is 17.8 Å². The smallest absolute Gasteiger partial charge is 0.123 e. The number of hydrogen-bond donors (Lipinski definition) is 0. The first-order chi connectivity index (χ1) is 8.75. The number of hydrogen-bond acceptors (Lipinski definition) is 2. The van der Waals surface area contributed by atoms with E-state index in [0.29, 0.717) is 0 Å². The first kappa shape index (κ1) is 11.0. The van der Waals surface area contributed by atoms with Crippen molar-refractivity contribution >= 4 is 5.69 Å². The van der Waals surface area contributed by atoms with Crippen molar-refractivity contribution in [1.29, 1.82) is 0 Å². The second-order valence-electron chi connectivity index (χ2n) is 4.41. The molecule has 0 saturated carbocycles. The van der Waals surface area contributed by atoms with Gasteiger partial charge in [0.05, 0.1) is 6.04 Å². The monoisotopic (exact) mass is 240 g/mol. The normalized spacial score (nSPS) is 18.6. The Balaban J connectivity index is 1.91. The minimum Gasteiger partial charge on any atom is -0.338 e. The van der Waals surface area contributed by atoms with E-state index in [1.165, 1.54) is 17.7 Å². The molecule has 0 spiro atoms. The van der Waals surface area contributed by atoms with Crippen LogP contribution in [0.3, 0.4) is 0 Å². The van der Waals surface area contributed by atoms with Crippen LogP contribution in [-0.4, -0.2) is 4.98 Å². The Hall–Kier alpha value is -2.16. The molecule has 0 bridgehead atoms. The molecule has 1 aromatic heterocycles. The van der Waals surface area contributed by atoms with Crippen LogP contribution in [0.4, 0.5) is 10.1 Å². The molecule has 3 heteroatoms. The highest BCUT2D eigenvalue weighted by Gasteiger charge is 2.33. The quantitative estimate of drug-likeness (QED) is 0.796. The molecule has 1 aliphatic rings. The summed E-state index contributed by atoms with van der Waals surface area (Å²) in [5, 5.41) is 0. The van der Waals surface area contributed by atoms with E-state index in [4.69, 9.17) is 0 Å². The number of benzene rings is 1. The molecule has 0 aliphatic carbocycles. The molecule has 90 valence electrons. The molecule has 1 unspecified atom stereocenters. The van der Waals surface area contributed by atoms with Crippen molar-refractivity contribution in [3.05, 3.63) is 72.4 Å². The lowest BCUT2D eigenvalue weighted by Crippen LogP contribution is -2.38. The largest absolute Gasteiger partial charge is 0.338 e. The van der Waals surface area contributed by atoms with Crippen LogP contribution in [0.25, 0.3) is 0 Å². The predicted molar refractivity (Wildman–Crippen MR) is 69.6 cm³/mol. The first-order valence-corrected chi connectivity index (χ1v) is 5.88. The highest BCUT2D eigenvalue weighted by Crippen LogP contribution is 2.43. The molecule has 1 aromatic carbocycles. The third-order valence-electron chi connectivity index (χ3n) is 3.28. The summed E-state index contributed by atoms with van der Waals surface area (Å²) in [4.78, 5) is 6.16. The summed E-state index contributed by atoms with van der Waals surface area (Å²) in [5.74, 6) is -0.217. The number of halogens is 1. The third-order valence-corrected chi connectivity index (χ3v) is 3.28. The highest BCUT2D eigenvalue weighted by atomic mass is 19.1. The van der Waals surface area contributed by atoms with Gasteiger partial charge in [-0.05, 0) is 42.0 Å². The maximum Gasteiger partial charge on any atom is 0.123 e. The van der Waals surface area contributed by atoms with Crippen molar-refractivity contribution in [2.24, 2.45) is 0 Å². The minimum atomic E-state index is -0.217. The van der Waals surface area contributed by atoms with Crippen LogP contribution in [0.15, 0.2) is 61.1 Å². The maximum atomic E-state index is 12.9. The highest BCUT2D eigenvalue weighted by molar-refractivity contribution is 5.59. The predicted octanol–water partition coefficient (Wildman–Crippen LogP) is 3.69. The Kier molecular flexibility index (Phi) is 2.59.